The number of hydrogen-bond donors (Lipinski definition) is 0. The predicted molar refractivity (Wildman–Crippen MR) is 271 cm³/mol. The molecular formula is C57H72Si3. The largest absolute Gasteiger partial charge is 0.146 e. The number of benzene rings is 3. The Morgan fingerprint density at radius 2 is 0.467 bits per heavy atom. The van der Waals surface area contributed by atoms with E-state index in [1.165, 1.54) is 0 Å². The first kappa shape index (κ1) is 48.3. The average molecular weight is 841 g/mol. The van der Waals surface area contributed by atoms with E-state index in [1.807, 2.05) is 0 Å². The van der Waals surface area contributed by atoms with Crippen LogP contribution in [-0.4, -0.2) is 24.2 Å². The average Bonchev–Trinajstić information content (AvgIpc) is 3.15. The van der Waals surface area contributed by atoms with Crippen molar-refractivity contribution in [3.05, 3.63) is 105 Å². The Balaban J connectivity index is 2.02. The van der Waals surface area contributed by atoms with Crippen LogP contribution < -0.4 is 0 Å². The van der Waals surface area contributed by atoms with E-state index in [-0.39, 0.29) is 0 Å². The number of fused-ring (bicyclic) bond motifs is 3. The van der Waals surface area contributed by atoms with Gasteiger partial charge in [-0.15, -0.1) is 16.6 Å². The van der Waals surface area contributed by atoms with Crippen LogP contribution in [0.1, 0.15) is 175 Å². The Kier molecular flexibility index (Phi) is 16.1. The zero-order chi connectivity index (χ0) is 44.7. The lowest BCUT2D eigenvalue weighted by atomic mass is 9.99. The van der Waals surface area contributed by atoms with Gasteiger partial charge >= 0.3 is 0 Å². The normalized spacial score (nSPS) is 12.4. The molecule has 60 heavy (non-hydrogen) atoms. The molecule has 4 rings (SSSR count). The summed E-state index contributed by atoms with van der Waals surface area (Å²) in [4.78, 5) is 0. The molecule has 3 aromatic carbocycles. The summed E-state index contributed by atoms with van der Waals surface area (Å²) in [7, 11) is -5.77. The van der Waals surface area contributed by atoms with Gasteiger partial charge in [0.2, 0.25) is 0 Å². The van der Waals surface area contributed by atoms with Crippen molar-refractivity contribution in [1.29, 1.82) is 0 Å². The second-order valence-corrected chi connectivity index (χ2v) is 36.7. The molecule has 1 aliphatic carbocycles. The molecule has 0 nitrogen and oxygen atoms in total. The first-order valence-electron chi connectivity index (χ1n) is 22.7. The standard InChI is InChI=1S/C57H72Si3/c1-40(2)58(41(3)4,42(5)6)34-31-49-19-22-52-25-26-53-23-20-50(32-35-59(43(7)8,44(9)10)45(11)12)38-56(53)29-30-57-39-51(21-24-54(57)27-28-55(52)37-49)33-36-60(46(13)14,47(15)16)48(17)18/h19-24,37-48H,1-18H3. The third kappa shape index (κ3) is 10.1. The van der Waals surface area contributed by atoms with E-state index >= 15 is 0 Å². The van der Waals surface area contributed by atoms with E-state index in [2.05, 4.69) is 249 Å². The first-order chi connectivity index (χ1) is 28.1. The maximum Gasteiger partial charge on any atom is 0.146 e. The molecule has 0 heterocycles. The highest BCUT2D eigenvalue weighted by Crippen LogP contribution is 2.43. The number of rotatable bonds is 9. The van der Waals surface area contributed by atoms with Gasteiger partial charge < -0.3 is 0 Å². The molecule has 0 saturated carbocycles. The van der Waals surface area contributed by atoms with Crippen molar-refractivity contribution in [3.63, 3.8) is 0 Å². The van der Waals surface area contributed by atoms with Gasteiger partial charge in [-0.1, -0.05) is 178 Å². The van der Waals surface area contributed by atoms with Gasteiger partial charge in [0, 0.05) is 50.1 Å². The fourth-order valence-corrected chi connectivity index (χ4v) is 26.4. The molecule has 0 aliphatic heterocycles. The van der Waals surface area contributed by atoms with Crippen LogP contribution in [0.15, 0.2) is 54.6 Å². The van der Waals surface area contributed by atoms with Crippen molar-refractivity contribution in [2.24, 2.45) is 0 Å². The molecule has 0 fully saturated rings. The minimum absolute atomic E-state index is 0.554. The lowest BCUT2D eigenvalue weighted by Crippen LogP contribution is -2.43. The topological polar surface area (TPSA) is 0 Å². The SMILES string of the molecule is CC(C)[Si](C#Cc1ccc2c(c1)C#Cc1ccc(C#C[Si](C(C)C)(C(C)C)C(C)C)cc1C#Cc1cc(C#C[Si](C(C)C)(C(C)C)C(C)C)ccc1C#C2)(C(C)C)C(C)C. The molecular weight excluding hydrogens is 769 g/mol. The molecule has 0 radical (unpaired) electrons. The summed E-state index contributed by atoms with van der Waals surface area (Å²) < 4.78 is 0. The molecule has 3 heteroatoms. The monoisotopic (exact) mass is 840 g/mol. The lowest BCUT2D eigenvalue weighted by Gasteiger charge is -2.38. The summed E-state index contributed by atoms with van der Waals surface area (Å²) in [5, 5.41) is 0. The van der Waals surface area contributed by atoms with Crippen molar-refractivity contribution in [2.75, 3.05) is 0 Å². The molecule has 1 aliphatic rings. The second kappa shape index (κ2) is 20.0. The summed E-state index contributed by atoms with van der Waals surface area (Å²) in [6, 6.07) is 19.1. The Hall–Kier alpha value is -4.33. The highest BCUT2D eigenvalue weighted by molar-refractivity contribution is 6.91. The van der Waals surface area contributed by atoms with Gasteiger partial charge in [-0.2, -0.15) is 0 Å². The zero-order valence-electron chi connectivity index (χ0n) is 40.4. The Morgan fingerprint density at radius 1 is 0.283 bits per heavy atom. The van der Waals surface area contributed by atoms with Gasteiger partial charge in [0.1, 0.15) is 24.2 Å². The van der Waals surface area contributed by atoms with Crippen LogP contribution in [-0.2, 0) is 0 Å². The first-order valence-corrected chi connectivity index (χ1v) is 29.4. The van der Waals surface area contributed by atoms with Crippen molar-refractivity contribution in [1.82, 2.24) is 0 Å². The van der Waals surface area contributed by atoms with Crippen LogP contribution in [0.5, 0.6) is 0 Å². The highest BCUT2D eigenvalue weighted by Gasteiger charge is 2.43. The van der Waals surface area contributed by atoms with Crippen LogP contribution in [0.2, 0.25) is 49.9 Å². The summed E-state index contributed by atoms with van der Waals surface area (Å²) in [6.45, 7) is 42.5. The summed E-state index contributed by atoms with van der Waals surface area (Å²) in [5.41, 5.74) is 25.0. The minimum Gasteiger partial charge on any atom is -0.125 e. The molecule has 0 N–H and O–H groups in total. The van der Waals surface area contributed by atoms with E-state index < -0.39 is 24.2 Å². The van der Waals surface area contributed by atoms with Gasteiger partial charge in [-0.25, -0.2) is 0 Å². The van der Waals surface area contributed by atoms with Crippen LogP contribution in [0, 0.1) is 69.9 Å². The summed E-state index contributed by atoms with van der Waals surface area (Å²) >= 11 is 0. The van der Waals surface area contributed by atoms with E-state index in [9.17, 15) is 0 Å². The minimum atomic E-state index is -1.93. The molecule has 0 bridgehead atoms. The molecule has 0 amide bonds. The maximum absolute atomic E-state index is 3.92. The second-order valence-electron chi connectivity index (χ2n) is 20.0. The van der Waals surface area contributed by atoms with Crippen LogP contribution >= 0.6 is 0 Å². The predicted octanol–water partition coefficient (Wildman–Crippen LogP) is 14.9. The molecule has 0 spiro atoms. The third-order valence-corrected chi connectivity index (χ3v) is 32.8. The van der Waals surface area contributed by atoms with Crippen molar-refractivity contribution < 1.29 is 0 Å². The molecule has 312 valence electrons. The highest BCUT2D eigenvalue weighted by atomic mass is 28.3. The van der Waals surface area contributed by atoms with E-state index in [1.54, 1.807) is 0 Å². The number of hydrogen-bond acceptors (Lipinski definition) is 0. The van der Waals surface area contributed by atoms with Gasteiger partial charge in [0.15, 0.2) is 0 Å². The third-order valence-electron chi connectivity index (χ3n) is 13.9. The van der Waals surface area contributed by atoms with E-state index in [4.69, 9.17) is 0 Å². The summed E-state index contributed by atoms with van der Waals surface area (Å²) in [5.74, 6) is 32.2. The fourth-order valence-electron chi connectivity index (χ4n) is 10.7. The van der Waals surface area contributed by atoms with Crippen molar-refractivity contribution in [2.45, 2.75) is 174 Å². The molecule has 0 saturated heterocycles. The van der Waals surface area contributed by atoms with Gasteiger partial charge in [0.05, 0.1) is 0 Å². The Bertz CT molecular complexity index is 2370. The smallest absolute Gasteiger partial charge is 0.125 e. The van der Waals surface area contributed by atoms with Crippen molar-refractivity contribution in [3.8, 4) is 69.9 Å². The maximum atomic E-state index is 3.92. The van der Waals surface area contributed by atoms with E-state index in [0.29, 0.717) is 49.9 Å². The van der Waals surface area contributed by atoms with E-state index in [0.717, 1.165) is 50.1 Å². The Morgan fingerprint density at radius 3 is 0.650 bits per heavy atom. The van der Waals surface area contributed by atoms with Gasteiger partial charge in [-0.05, 0) is 104 Å². The van der Waals surface area contributed by atoms with Crippen LogP contribution in [0.25, 0.3) is 0 Å². The van der Waals surface area contributed by atoms with Gasteiger partial charge in [-0.3, -0.25) is 0 Å². The van der Waals surface area contributed by atoms with Gasteiger partial charge in [0.25, 0.3) is 0 Å². The van der Waals surface area contributed by atoms with Crippen molar-refractivity contribution >= 4 is 24.2 Å². The van der Waals surface area contributed by atoms with Crippen LogP contribution in [0.3, 0.4) is 0 Å². The zero-order valence-corrected chi connectivity index (χ0v) is 43.4. The lowest BCUT2D eigenvalue weighted by molar-refractivity contribution is 0.838. The molecule has 0 unspecified atom stereocenters. The Labute approximate surface area is 371 Å². The van der Waals surface area contributed by atoms with Crippen LogP contribution in [0.4, 0.5) is 0 Å². The quantitative estimate of drug-likeness (QED) is 0.116. The molecule has 0 atom stereocenters. The molecule has 0 aromatic heterocycles. The fraction of sp³-hybridized carbons (Fsp3) is 0.474. The molecule has 3 aromatic rings. The summed E-state index contributed by atoms with van der Waals surface area (Å²) in [6.07, 6.45) is 0.